The molecule has 0 aliphatic rings. The minimum absolute atomic E-state index is 0.303. The molecule has 0 atom stereocenters. The second-order valence-electron chi connectivity index (χ2n) is 6.50. The van der Waals surface area contributed by atoms with Crippen molar-refractivity contribution in [2.45, 2.75) is 13.8 Å². The Hall–Kier alpha value is -3.80. The molecule has 0 N–H and O–H groups in total. The Morgan fingerprint density at radius 3 is 1.27 bits per heavy atom. The summed E-state index contributed by atoms with van der Waals surface area (Å²) in [5.74, 6) is 0.520. The van der Waals surface area contributed by atoms with E-state index in [1.54, 1.807) is 48.5 Å². The molecule has 0 saturated carbocycles. The van der Waals surface area contributed by atoms with Gasteiger partial charge in [-0.15, -0.1) is 0 Å². The molecule has 154 valence electrons. The minimum Gasteiger partial charge on any atom is -0.478 e. The van der Waals surface area contributed by atoms with Crippen LogP contribution in [0.4, 0.5) is 0 Å². The lowest BCUT2D eigenvalue weighted by atomic mass is 10.2. The molecule has 0 spiro atoms. The summed E-state index contributed by atoms with van der Waals surface area (Å²) in [5.41, 5.74) is 1.70. The molecule has 0 amide bonds. The van der Waals surface area contributed by atoms with Crippen molar-refractivity contribution in [2.24, 2.45) is 0 Å². The van der Waals surface area contributed by atoms with Crippen molar-refractivity contribution in [1.82, 2.24) is 0 Å². The molecule has 0 radical (unpaired) electrons. The fraction of sp³-hybridized carbons (Fsp3) is 0.167. The number of benzene rings is 3. The number of hydrogen-bond acceptors (Lipinski definition) is 6. The van der Waals surface area contributed by atoms with Gasteiger partial charge in [0.1, 0.15) is 11.5 Å². The second kappa shape index (κ2) is 10.1. The van der Waals surface area contributed by atoms with Crippen LogP contribution in [0.2, 0.25) is 0 Å². The van der Waals surface area contributed by atoms with Crippen LogP contribution < -0.4 is 18.9 Å². The Labute approximate surface area is 175 Å². The highest BCUT2D eigenvalue weighted by Crippen LogP contribution is 2.27. The standard InChI is InChI=1S/C24H22O6/c1-17-9-3-5-11-19(17)29-23(25)15-27-21-13-7-8-14-22(21)28-16-24(26)30-20-12-6-4-10-18(20)2/h3-14H,15-16H2,1-2H3. The van der Waals surface area contributed by atoms with E-state index in [1.165, 1.54) is 0 Å². The van der Waals surface area contributed by atoms with E-state index in [0.717, 1.165) is 11.1 Å². The lowest BCUT2D eigenvalue weighted by molar-refractivity contribution is -0.138. The number of ether oxygens (including phenoxy) is 4. The lowest BCUT2D eigenvalue weighted by Gasteiger charge is -2.13. The van der Waals surface area contributed by atoms with Crippen molar-refractivity contribution < 1.29 is 28.5 Å². The van der Waals surface area contributed by atoms with Crippen LogP contribution in [0.25, 0.3) is 0 Å². The third kappa shape index (κ3) is 5.85. The highest BCUT2D eigenvalue weighted by atomic mass is 16.6. The van der Waals surface area contributed by atoms with Gasteiger partial charge in [0.25, 0.3) is 0 Å². The summed E-state index contributed by atoms with van der Waals surface area (Å²) < 4.78 is 21.7. The van der Waals surface area contributed by atoms with Crippen LogP contribution >= 0.6 is 0 Å². The van der Waals surface area contributed by atoms with E-state index in [1.807, 2.05) is 38.1 Å². The number of rotatable bonds is 8. The van der Waals surface area contributed by atoms with Crippen molar-refractivity contribution in [2.75, 3.05) is 13.2 Å². The first-order valence-electron chi connectivity index (χ1n) is 9.40. The van der Waals surface area contributed by atoms with Crippen molar-refractivity contribution >= 4 is 11.9 Å². The summed E-state index contributed by atoms with van der Waals surface area (Å²) in [7, 11) is 0. The predicted molar refractivity (Wildman–Crippen MR) is 111 cm³/mol. The summed E-state index contributed by atoms with van der Waals surface area (Å²) in [5, 5.41) is 0. The van der Waals surface area contributed by atoms with E-state index in [0.29, 0.717) is 23.0 Å². The van der Waals surface area contributed by atoms with Gasteiger partial charge in [-0.25, -0.2) is 9.59 Å². The Balaban J connectivity index is 1.54. The molecule has 0 aliphatic heterocycles. The summed E-state index contributed by atoms with van der Waals surface area (Å²) in [4.78, 5) is 24.2. The molecule has 0 heterocycles. The normalized spacial score (nSPS) is 10.2. The molecule has 3 aromatic rings. The third-order valence-electron chi connectivity index (χ3n) is 4.17. The molecule has 0 fully saturated rings. The monoisotopic (exact) mass is 406 g/mol. The molecular formula is C24H22O6. The lowest BCUT2D eigenvalue weighted by Crippen LogP contribution is -2.20. The van der Waals surface area contributed by atoms with Gasteiger partial charge in [-0.2, -0.15) is 0 Å². The first kappa shape index (κ1) is 20.9. The molecule has 0 bridgehead atoms. The van der Waals surface area contributed by atoms with E-state index in [2.05, 4.69) is 0 Å². The first-order valence-corrected chi connectivity index (χ1v) is 9.40. The molecule has 3 rings (SSSR count). The first-order chi connectivity index (χ1) is 14.5. The SMILES string of the molecule is Cc1ccccc1OC(=O)COc1ccccc1OCC(=O)Oc1ccccc1C. The molecule has 6 nitrogen and oxygen atoms in total. The summed E-state index contributed by atoms with van der Waals surface area (Å²) >= 11 is 0. The van der Waals surface area contributed by atoms with Gasteiger partial charge in [0.15, 0.2) is 24.7 Å². The van der Waals surface area contributed by atoms with Gasteiger partial charge >= 0.3 is 11.9 Å². The smallest absolute Gasteiger partial charge is 0.349 e. The predicted octanol–water partition coefficient (Wildman–Crippen LogP) is 4.27. The zero-order valence-electron chi connectivity index (χ0n) is 16.8. The zero-order valence-corrected chi connectivity index (χ0v) is 16.8. The number of carbonyl (C=O) groups excluding carboxylic acids is 2. The van der Waals surface area contributed by atoms with Gasteiger partial charge in [-0.1, -0.05) is 48.5 Å². The van der Waals surface area contributed by atoms with E-state index in [4.69, 9.17) is 18.9 Å². The van der Waals surface area contributed by atoms with Crippen LogP contribution in [0.1, 0.15) is 11.1 Å². The average molecular weight is 406 g/mol. The van der Waals surface area contributed by atoms with Crippen LogP contribution in [0.15, 0.2) is 72.8 Å². The maximum atomic E-state index is 12.1. The van der Waals surface area contributed by atoms with Crippen molar-refractivity contribution in [3.63, 3.8) is 0 Å². The van der Waals surface area contributed by atoms with E-state index >= 15 is 0 Å². The maximum absolute atomic E-state index is 12.1. The molecule has 0 unspecified atom stereocenters. The van der Waals surface area contributed by atoms with Crippen LogP contribution in [-0.2, 0) is 9.59 Å². The van der Waals surface area contributed by atoms with E-state index in [-0.39, 0.29) is 13.2 Å². The number of aryl methyl sites for hydroxylation is 2. The average Bonchev–Trinajstić information content (AvgIpc) is 2.74. The summed E-state index contributed by atoms with van der Waals surface area (Å²) in [6, 6.07) is 21.2. The van der Waals surface area contributed by atoms with Gasteiger partial charge in [0.05, 0.1) is 0 Å². The number of hydrogen-bond donors (Lipinski definition) is 0. The molecule has 0 aromatic heterocycles. The Bertz CT molecular complexity index is 945. The number of carbonyl (C=O) groups is 2. The molecule has 30 heavy (non-hydrogen) atoms. The van der Waals surface area contributed by atoms with Crippen LogP contribution in [0.3, 0.4) is 0 Å². The highest BCUT2D eigenvalue weighted by Gasteiger charge is 2.13. The molecule has 0 saturated heterocycles. The second-order valence-corrected chi connectivity index (χ2v) is 6.50. The quantitative estimate of drug-likeness (QED) is 0.411. The van der Waals surface area contributed by atoms with Gasteiger partial charge < -0.3 is 18.9 Å². The highest BCUT2D eigenvalue weighted by molar-refractivity contribution is 5.75. The van der Waals surface area contributed by atoms with Crippen LogP contribution in [-0.4, -0.2) is 25.2 Å². The molecule has 3 aromatic carbocycles. The van der Waals surface area contributed by atoms with Crippen molar-refractivity contribution in [3.8, 4) is 23.0 Å². The van der Waals surface area contributed by atoms with Crippen LogP contribution in [0, 0.1) is 13.8 Å². The maximum Gasteiger partial charge on any atom is 0.349 e. The summed E-state index contributed by atoms with van der Waals surface area (Å²) in [6.07, 6.45) is 0. The largest absolute Gasteiger partial charge is 0.478 e. The topological polar surface area (TPSA) is 71.1 Å². The minimum atomic E-state index is -0.543. The Kier molecular flexibility index (Phi) is 7.05. The fourth-order valence-electron chi connectivity index (χ4n) is 2.61. The zero-order chi connectivity index (χ0) is 21.3. The van der Waals surface area contributed by atoms with Crippen LogP contribution in [0.5, 0.6) is 23.0 Å². The third-order valence-corrected chi connectivity index (χ3v) is 4.17. The Morgan fingerprint density at radius 2 is 0.900 bits per heavy atom. The van der Waals surface area contributed by atoms with E-state index in [9.17, 15) is 9.59 Å². The fourth-order valence-corrected chi connectivity index (χ4v) is 2.61. The van der Waals surface area contributed by atoms with Gasteiger partial charge in [-0.05, 0) is 49.2 Å². The van der Waals surface area contributed by atoms with Gasteiger partial charge in [0, 0.05) is 0 Å². The number of esters is 2. The Morgan fingerprint density at radius 1 is 0.567 bits per heavy atom. The molecule has 0 aliphatic carbocycles. The summed E-state index contributed by atoms with van der Waals surface area (Å²) in [6.45, 7) is 3.09. The van der Waals surface area contributed by atoms with E-state index < -0.39 is 11.9 Å². The van der Waals surface area contributed by atoms with Gasteiger partial charge in [0.2, 0.25) is 0 Å². The number of para-hydroxylation sites is 4. The molecular weight excluding hydrogens is 384 g/mol. The molecule has 6 heteroatoms. The van der Waals surface area contributed by atoms with Gasteiger partial charge in [-0.3, -0.25) is 0 Å². The van der Waals surface area contributed by atoms with Crippen molar-refractivity contribution in [1.29, 1.82) is 0 Å². The van der Waals surface area contributed by atoms with Crippen molar-refractivity contribution in [3.05, 3.63) is 83.9 Å².